The second-order valence-corrected chi connectivity index (χ2v) is 8.52. The van der Waals surface area contributed by atoms with E-state index in [0.717, 1.165) is 11.0 Å². The van der Waals surface area contributed by atoms with Crippen LogP contribution in [0.1, 0.15) is 47.5 Å². The van der Waals surface area contributed by atoms with Crippen molar-refractivity contribution in [2.45, 2.75) is 47.5 Å². The summed E-state index contributed by atoms with van der Waals surface area (Å²) >= 11 is 0. The van der Waals surface area contributed by atoms with Crippen LogP contribution in [0.25, 0.3) is 0 Å². The summed E-state index contributed by atoms with van der Waals surface area (Å²) in [5, 5.41) is 0. The lowest BCUT2D eigenvalue weighted by molar-refractivity contribution is -0.870. The number of hydrogen-bond donors (Lipinski definition) is 0. The quantitative estimate of drug-likeness (QED) is 0.368. The number of hydrogen-bond acceptors (Lipinski definition) is 6. The Morgan fingerprint density at radius 2 is 1.31 bits per heavy atom. The van der Waals surface area contributed by atoms with Crippen LogP contribution in [0.3, 0.4) is 0 Å². The van der Waals surface area contributed by atoms with E-state index in [1.165, 1.54) is 14.2 Å². The normalized spacial score (nSPS) is 11.8. The van der Waals surface area contributed by atoms with Gasteiger partial charge in [-0.15, -0.1) is 0 Å². The Labute approximate surface area is 158 Å². The molecule has 0 radical (unpaired) electrons. The highest BCUT2D eigenvalue weighted by Crippen LogP contribution is 2.35. The van der Waals surface area contributed by atoms with Crippen LogP contribution in [-0.4, -0.2) is 70.9 Å². The van der Waals surface area contributed by atoms with Crippen molar-refractivity contribution in [1.82, 2.24) is 0 Å². The zero-order chi connectivity index (χ0) is 21.2. The number of carbonyl (C=O) groups is 3. The highest BCUT2D eigenvalue weighted by Gasteiger charge is 2.40. The molecule has 0 fully saturated rings. The van der Waals surface area contributed by atoms with Crippen LogP contribution in [0.4, 0.5) is 0 Å². The van der Waals surface area contributed by atoms with E-state index >= 15 is 0 Å². The largest absolute Gasteiger partial charge is 0.469 e. The van der Waals surface area contributed by atoms with Gasteiger partial charge < -0.3 is 18.7 Å². The lowest BCUT2D eigenvalue weighted by atomic mass is 9.75. The number of rotatable bonds is 8. The number of methoxy groups -OCH3 is 2. The van der Waals surface area contributed by atoms with Crippen molar-refractivity contribution in [1.29, 1.82) is 0 Å². The molecule has 0 aromatic rings. The molecule has 0 saturated carbocycles. The van der Waals surface area contributed by atoms with Gasteiger partial charge in [-0.05, 0) is 34.1 Å². The molecule has 0 N–H and O–H groups in total. The average Bonchev–Trinajstić information content (AvgIpc) is 2.51. The van der Waals surface area contributed by atoms with Crippen molar-refractivity contribution in [2.75, 3.05) is 48.5 Å². The van der Waals surface area contributed by atoms with Gasteiger partial charge in [-0.3, -0.25) is 14.4 Å². The van der Waals surface area contributed by atoms with Crippen LogP contribution in [0.5, 0.6) is 0 Å². The Hall–Kier alpha value is -1.63. The Balaban J connectivity index is 0. The molecule has 0 heterocycles. The minimum atomic E-state index is -0.720. The van der Waals surface area contributed by atoms with E-state index in [4.69, 9.17) is 9.47 Å². The Kier molecular flexibility index (Phi) is 11.4. The van der Waals surface area contributed by atoms with E-state index in [9.17, 15) is 14.4 Å². The Morgan fingerprint density at radius 3 is 1.62 bits per heavy atom. The third-order valence-electron chi connectivity index (χ3n) is 3.69. The molecule has 0 rings (SSSR count). The number of nitrogens with zero attached hydrogens (tertiary/aromatic N) is 1. The molecule has 7 nitrogen and oxygen atoms in total. The van der Waals surface area contributed by atoms with Gasteiger partial charge in [0.1, 0.15) is 13.2 Å². The molecule has 0 aromatic carbocycles. The first-order chi connectivity index (χ1) is 11.6. The minimum absolute atomic E-state index is 0.157. The molecule has 7 heteroatoms. The lowest BCUT2D eigenvalue weighted by Crippen LogP contribution is -2.40. The summed E-state index contributed by atoms with van der Waals surface area (Å²) in [5.41, 5.74) is -1.43. The summed E-state index contributed by atoms with van der Waals surface area (Å²) in [6.45, 7) is 10.0. The van der Waals surface area contributed by atoms with Crippen molar-refractivity contribution in [3.63, 3.8) is 0 Å². The summed E-state index contributed by atoms with van der Waals surface area (Å²) in [6, 6.07) is 0. The van der Waals surface area contributed by atoms with Crippen LogP contribution in [0.2, 0.25) is 0 Å². The fourth-order valence-corrected chi connectivity index (χ4v) is 2.28. The molecule has 0 aliphatic heterocycles. The van der Waals surface area contributed by atoms with E-state index < -0.39 is 10.8 Å². The van der Waals surface area contributed by atoms with Gasteiger partial charge in [0.25, 0.3) is 0 Å². The molecule has 0 atom stereocenters. The molecule has 154 valence electrons. The van der Waals surface area contributed by atoms with E-state index in [-0.39, 0.29) is 17.9 Å². The summed E-state index contributed by atoms with van der Waals surface area (Å²) in [7, 11) is 8.86. The lowest BCUT2D eigenvalue weighted by Gasteiger charge is -2.31. The van der Waals surface area contributed by atoms with E-state index in [2.05, 4.69) is 4.74 Å². The summed E-state index contributed by atoms with van der Waals surface area (Å²) in [5.74, 6) is -0.748. The maximum atomic E-state index is 12.2. The Morgan fingerprint density at radius 1 is 0.846 bits per heavy atom. The maximum absolute atomic E-state index is 12.2. The summed E-state index contributed by atoms with van der Waals surface area (Å²) in [6.07, 6.45) is 0.854. The number of quaternary nitrogens is 1. The van der Waals surface area contributed by atoms with Crippen LogP contribution in [0, 0.1) is 10.8 Å². The zero-order valence-electron chi connectivity index (χ0n) is 18.2. The second-order valence-electron chi connectivity index (χ2n) is 8.52. The zero-order valence-corrected chi connectivity index (χ0v) is 18.2. The van der Waals surface area contributed by atoms with Gasteiger partial charge in [0.2, 0.25) is 0 Å². The summed E-state index contributed by atoms with van der Waals surface area (Å²) in [4.78, 5) is 33.8. The first kappa shape index (κ1) is 26.6. The first-order valence-electron chi connectivity index (χ1n) is 8.76. The maximum Gasteiger partial charge on any atom is 0.311 e. The monoisotopic (exact) mass is 376 g/mol. The molecular formula is C19H38NO6+. The van der Waals surface area contributed by atoms with Crippen LogP contribution >= 0.6 is 0 Å². The SMILES string of the molecule is CCC(=O)OC.COC(=O)C(C)(C)CC(C)(C)C(=O)OCC[N+](C)(C)C. The van der Waals surface area contributed by atoms with Crippen LogP contribution in [0.15, 0.2) is 0 Å². The highest BCUT2D eigenvalue weighted by molar-refractivity contribution is 5.80. The van der Waals surface area contributed by atoms with Gasteiger partial charge >= 0.3 is 17.9 Å². The number of carbonyl (C=O) groups excluding carboxylic acids is 3. The number of ether oxygens (including phenoxy) is 3. The van der Waals surface area contributed by atoms with Gasteiger partial charge in [-0.2, -0.15) is 0 Å². The summed E-state index contributed by atoms with van der Waals surface area (Å²) < 4.78 is 15.1. The predicted molar refractivity (Wildman–Crippen MR) is 100 cm³/mol. The smallest absolute Gasteiger partial charge is 0.311 e. The van der Waals surface area contributed by atoms with Gasteiger partial charge in [0.15, 0.2) is 0 Å². The van der Waals surface area contributed by atoms with Crippen molar-refractivity contribution in [2.24, 2.45) is 10.8 Å². The van der Waals surface area contributed by atoms with Crippen molar-refractivity contribution < 1.29 is 33.1 Å². The fraction of sp³-hybridized carbons (Fsp3) is 0.842. The van der Waals surface area contributed by atoms with Crippen LogP contribution < -0.4 is 0 Å². The second kappa shape index (κ2) is 11.2. The molecule has 0 aromatic heterocycles. The minimum Gasteiger partial charge on any atom is -0.469 e. The van der Waals surface area contributed by atoms with Gasteiger partial charge in [-0.25, -0.2) is 0 Å². The first-order valence-corrected chi connectivity index (χ1v) is 8.76. The molecular weight excluding hydrogens is 338 g/mol. The van der Waals surface area contributed by atoms with E-state index in [1.807, 2.05) is 21.1 Å². The number of likely N-dealkylation sites (N-methyl/N-ethyl adjacent to an activating group) is 1. The van der Waals surface area contributed by atoms with Gasteiger partial charge in [-0.1, -0.05) is 6.92 Å². The topological polar surface area (TPSA) is 78.9 Å². The molecule has 0 aliphatic rings. The standard InChI is InChI=1S/C15H30NO4.C4H8O2/c1-14(2,12(17)19-8)11-15(3,4)13(18)20-10-9-16(5,6)7;1-3-4(5)6-2/h9-11H2,1-8H3;3H2,1-2H3/q+1;. The van der Waals surface area contributed by atoms with Crippen molar-refractivity contribution in [3.05, 3.63) is 0 Å². The van der Waals surface area contributed by atoms with E-state index in [0.29, 0.717) is 19.4 Å². The van der Waals surface area contributed by atoms with Crippen molar-refractivity contribution >= 4 is 17.9 Å². The molecule has 0 unspecified atom stereocenters. The molecule has 26 heavy (non-hydrogen) atoms. The molecule has 0 bridgehead atoms. The highest BCUT2D eigenvalue weighted by atomic mass is 16.5. The fourth-order valence-electron chi connectivity index (χ4n) is 2.28. The predicted octanol–water partition coefficient (Wildman–Crippen LogP) is 2.42. The third kappa shape index (κ3) is 11.8. The average molecular weight is 377 g/mol. The Bertz CT molecular complexity index is 457. The number of esters is 3. The third-order valence-corrected chi connectivity index (χ3v) is 3.69. The molecule has 0 saturated heterocycles. The van der Waals surface area contributed by atoms with Crippen molar-refractivity contribution in [3.8, 4) is 0 Å². The molecule has 0 amide bonds. The van der Waals surface area contributed by atoms with E-state index in [1.54, 1.807) is 34.6 Å². The van der Waals surface area contributed by atoms with Crippen LogP contribution in [-0.2, 0) is 28.6 Å². The van der Waals surface area contributed by atoms with Gasteiger partial charge in [0, 0.05) is 6.42 Å². The molecule has 0 spiro atoms. The van der Waals surface area contributed by atoms with Gasteiger partial charge in [0.05, 0.1) is 46.2 Å². The molecule has 0 aliphatic carbocycles.